The molecule has 4 aliphatic rings. The topological polar surface area (TPSA) is 93.2 Å². The van der Waals surface area contributed by atoms with Crippen molar-refractivity contribution in [3.63, 3.8) is 0 Å². The number of hydrogen-bond donors (Lipinski definition) is 0. The smallest absolute Gasteiger partial charge is 0.316 e. The lowest BCUT2D eigenvalue weighted by Crippen LogP contribution is -2.32. The molecule has 35 heavy (non-hydrogen) atoms. The molecule has 0 spiro atoms. The summed E-state index contributed by atoms with van der Waals surface area (Å²) in [7, 11) is 1.55. The number of benzene rings is 2. The molecule has 0 unspecified atom stereocenters. The van der Waals surface area contributed by atoms with Gasteiger partial charge in [-0.15, -0.1) is 0 Å². The number of anilines is 2. The first-order chi connectivity index (χ1) is 16.9. The minimum Gasteiger partial charge on any atom is -0.497 e. The van der Waals surface area contributed by atoms with Crippen molar-refractivity contribution < 1.29 is 28.7 Å². The van der Waals surface area contributed by atoms with Gasteiger partial charge in [0.2, 0.25) is 17.7 Å². The highest BCUT2D eigenvalue weighted by atomic mass is 16.5. The Morgan fingerprint density at radius 1 is 0.886 bits per heavy atom. The lowest BCUT2D eigenvalue weighted by atomic mass is 9.81. The Kier molecular flexibility index (Phi) is 5.12. The fraction of sp³-hybridized carbons (Fsp3) is 0.407. The molecule has 0 N–H and O–H groups in total. The molecule has 2 aromatic rings. The predicted molar refractivity (Wildman–Crippen MR) is 126 cm³/mol. The normalized spacial score (nSPS) is 29.2. The van der Waals surface area contributed by atoms with Gasteiger partial charge in [-0.3, -0.25) is 19.2 Å². The summed E-state index contributed by atoms with van der Waals surface area (Å²) in [5.41, 5.74) is 1.09. The van der Waals surface area contributed by atoms with Crippen molar-refractivity contribution in [1.29, 1.82) is 0 Å². The molecule has 0 aromatic heterocycles. The van der Waals surface area contributed by atoms with E-state index in [1.165, 1.54) is 4.90 Å². The number of nitrogens with zero attached hydrogens (tertiary/aromatic N) is 2. The molecule has 3 amide bonds. The zero-order chi connectivity index (χ0) is 24.3. The number of esters is 1. The number of amides is 3. The molecule has 2 bridgehead atoms. The van der Waals surface area contributed by atoms with Crippen LogP contribution in [0.2, 0.25) is 0 Å². The van der Waals surface area contributed by atoms with E-state index in [1.54, 1.807) is 60.5 Å². The molecule has 5 atom stereocenters. The van der Waals surface area contributed by atoms with Crippen molar-refractivity contribution in [3.05, 3.63) is 48.5 Å². The van der Waals surface area contributed by atoms with E-state index in [0.717, 1.165) is 19.3 Å². The monoisotopic (exact) mass is 474 g/mol. The zero-order valence-corrected chi connectivity index (χ0v) is 19.4. The Morgan fingerprint density at radius 2 is 1.51 bits per heavy atom. The van der Waals surface area contributed by atoms with E-state index in [1.807, 2.05) is 0 Å². The van der Waals surface area contributed by atoms with E-state index in [4.69, 9.17) is 9.47 Å². The van der Waals surface area contributed by atoms with Crippen LogP contribution in [-0.4, -0.2) is 37.3 Å². The summed E-state index contributed by atoms with van der Waals surface area (Å²) in [5, 5.41) is 0. The van der Waals surface area contributed by atoms with Gasteiger partial charge in [-0.1, -0.05) is 12.1 Å². The Morgan fingerprint density at radius 3 is 2.20 bits per heavy atom. The van der Waals surface area contributed by atoms with Crippen LogP contribution in [0.4, 0.5) is 11.4 Å². The molecule has 2 heterocycles. The minimum absolute atomic E-state index is 0.0466. The third-order valence-corrected chi connectivity index (χ3v) is 8.05. The molecule has 2 saturated carbocycles. The van der Waals surface area contributed by atoms with Gasteiger partial charge in [0.25, 0.3) is 0 Å². The van der Waals surface area contributed by atoms with Crippen LogP contribution >= 0.6 is 0 Å². The first-order valence-electron chi connectivity index (χ1n) is 12.1. The first-order valence-corrected chi connectivity index (χ1v) is 12.1. The summed E-state index contributed by atoms with van der Waals surface area (Å²) in [4.78, 5) is 54.6. The van der Waals surface area contributed by atoms with Crippen LogP contribution in [0.3, 0.4) is 0 Å². The summed E-state index contributed by atoms with van der Waals surface area (Å²) in [6.07, 6.45) is 3.06. The van der Waals surface area contributed by atoms with Crippen molar-refractivity contribution >= 4 is 35.1 Å². The lowest BCUT2D eigenvalue weighted by molar-refractivity contribution is -0.139. The second-order valence-electron chi connectivity index (χ2n) is 9.92. The van der Waals surface area contributed by atoms with Crippen LogP contribution in [0.15, 0.2) is 48.5 Å². The molecular formula is C27H26N2O6. The third-order valence-electron chi connectivity index (χ3n) is 8.05. The Bertz CT molecular complexity index is 1210. The van der Waals surface area contributed by atoms with Crippen LogP contribution in [-0.2, 0) is 19.2 Å². The van der Waals surface area contributed by atoms with Gasteiger partial charge in [-0.05, 0) is 55.4 Å². The molecule has 8 nitrogen and oxygen atoms in total. The lowest BCUT2D eigenvalue weighted by Gasteiger charge is -2.19. The average molecular weight is 475 g/mol. The second kappa shape index (κ2) is 8.22. The largest absolute Gasteiger partial charge is 0.497 e. The number of methoxy groups -OCH3 is 1. The van der Waals surface area contributed by atoms with Crippen LogP contribution in [0.5, 0.6) is 11.5 Å². The average Bonchev–Trinajstić information content (AvgIpc) is 3.63. The minimum atomic E-state index is -0.623. The van der Waals surface area contributed by atoms with Gasteiger partial charge in [0.1, 0.15) is 11.5 Å². The molecule has 180 valence electrons. The number of imide groups is 1. The van der Waals surface area contributed by atoms with Crippen LogP contribution < -0.4 is 19.3 Å². The number of carbonyl (C=O) groups excluding carboxylic acids is 4. The predicted octanol–water partition coefficient (Wildman–Crippen LogP) is 3.19. The fourth-order valence-corrected chi connectivity index (χ4v) is 6.44. The highest BCUT2D eigenvalue weighted by Gasteiger charge is 2.61. The maximum atomic E-state index is 13.1. The maximum absolute atomic E-state index is 13.1. The molecular weight excluding hydrogens is 448 g/mol. The molecule has 2 aliphatic carbocycles. The van der Waals surface area contributed by atoms with Crippen LogP contribution in [0, 0.1) is 29.6 Å². The highest BCUT2D eigenvalue weighted by Crippen LogP contribution is 2.56. The van der Waals surface area contributed by atoms with Crippen molar-refractivity contribution in [1.82, 2.24) is 0 Å². The summed E-state index contributed by atoms with van der Waals surface area (Å²) in [6, 6.07) is 13.7. The van der Waals surface area contributed by atoms with E-state index in [9.17, 15) is 19.2 Å². The quantitative estimate of drug-likeness (QED) is 0.375. The molecule has 4 fully saturated rings. The van der Waals surface area contributed by atoms with Crippen LogP contribution in [0.25, 0.3) is 0 Å². The summed E-state index contributed by atoms with van der Waals surface area (Å²) in [6.45, 7) is 0.208. The van der Waals surface area contributed by atoms with E-state index >= 15 is 0 Å². The Balaban J connectivity index is 1.16. The Labute approximate surface area is 202 Å². The van der Waals surface area contributed by atoms with Gasteiger partial charge >= 0.3 is 5.97 Å². The fourth-order valence-electron chi connectivity index (χ4n) is 6.44. The van der Waals surface area contributed by atoms with Crippen molar-refractivity contribution in [2.45, 2.75) is 25.7 Å². The van der Waals surface area contributed by atoms with E-state index < -0.39 is 11.9 Å². The zero-order valence-electron chi connectivity index (χ0n) is 19.4. The van der Waals surface area contributed by atoms with E-state index in [0.29, 0.717) is 29.0 Å². The molecule has 0 radical (unpaired) electrons. The molecule has 2 aromatic carbocycles. The summed E-state index contributed by atoms with van der Waals surface area (Å²) in [5.74, 6) is -0.502. The number of hydrogen-bond acceptors (Lipinski definition) is 6. The van der Waals surface area contributed by atoms with E-state index in [-0.39, 0.29) is 48.3 Å². The number of fused-ring (bicyclic) bond motifs is 5. The van der Waals surface area contributed by atoms with Gasteiger partial charge < -0.3 is 14.4 Å². The highest BCUT2D eigenvalue weighted by molar-refractivity contribution is 6.22. The van der Waals surface area contributed by atoms with Gasteiger partial charge in [-0.25, -0.2) is 4.90 Å². The number of rotatable bonds is 5. The number of ether oxygens (including phenoxy) is 2. The van der Waals surface area contributed by atoms with Gasteiger partial charge in [-0.2, -0.15) is 0 Å². The van der Waals surface area contributed by atoms with Gasteiger partial charge in [0.15, 0.2) is 0 Å². The maximum Gasteiger partial charge on any atom is 0.316 e. The standard InChI is InChI=1S/C27H26N2O6/c1-34-20-6-2-4-18(12-20)28-14-17(11-22(28)30)27(33)35-21-7-3-5-19(13-21)29-25(31)23-15-8-9-16(10-15)24(23)26(29)32/h2-7,12-13,15-17,23-24H,8-11,14H2,1H3/t15-,16-,17-,23-,24+/m0/s1. The van der Waals surface area contributed by atoms with Gasteiger partial charge in [0, 0.05) is 30.8 Å². The molecule has 6 rings (SSSR count). The molecule has 2 saturated heterocycles. The second-order valence-corrected chi connectivity index (χ2v) is 9.92. The van der Waals surface area contributed by atoms with Crippen LogP contribution in [0.1, 0.15) is 25.7 Å². The summed E-state index contributed by atoms with van der Waals surface area (Å²) < 4.78 is 10.8. The van der Waals surface area contributed by atoms with Crippen molar-refractivity contribution in [2.24, 2.45) is 29.6 Å². The van der Waals surface area contributed by atoms with E-state index in [2.05, 4.69) is 0 Å². The van der Waals surface area contributed by atoms with Crippen molar-refractivity contribution in [3.8, 4) is 11.5 Å². The number of carbonyl (C=O) groups is 4. The third kappa shape index (κ3) is 3.50. The molecule has 8 heteroatoms. The molecule has 2 aliphatic heterocycles. The van der Waals surface area contributed by atoms with Gasteiger partial charge in [0.05, 0.1) is 30.6 Å². The van der Waals surface area contributed by atoms with Crippen molar-refractivity contribution in [2.75, 3.05) is 23.5 Å². The Hall–Kier alpha value is -3.68. The SMILES string of the molecule is COc1cccc(N2C[C@@H](C(=O)Oc3cccc(N4C(=O)[C@@H]5[C@H]6CC[C@@H](C6)[C@@H]5C4=O)c3)CC2=O)c1. The first kappa shape index (κ1) is 21.8. The summed E-state index contributed by atoms with van der Waals surface area (Å²) >= 11 is 0.